The molecule has 0 fully saturated rings. The highest BCUT2D eigenvalue weighted by Gasteiger charge is 2.19. The highest BCUT2D eigenvalue weighted by atomic mass is 35.5. The first-order valence-corrected chi connectivity index (χ1v) is 7.95. The monoisotopic (exact) mass is 333 g/mol. The molecule has 1 heterocycles. The highest BCUT2D eigenvalue weighted by molar-refractivity contribution is 7.16. The van der Waals surface area contributed by atoms with Crippen LogP contribution in [-0.4, -0.2) is 23.9 Å². The highest BCUT2D eigenvalue weighted by Crippen LogP contribution is 2.23. The zero-order valence-corrected chi connectivity index (χ0v) is 13.9. The number of nitriles is 1. The van der Waals surface area contributed by atoms with Crippen LogP contribution in [0.1, 0.15) is 17.4 Å². The maximum atomic E-state index is 12.3. The molecule has 0 saturated carbocycles. The first kappa shape index (κ1) is 16.5. The van der Waals surface area contributed by atoms with Gasteiger partial charge in [0, 0.05) is 11.4 Å². The standard InChI is InChI=1S/C16H16ClN3OS/c1-11(20(2)10-13-7-8-15(17)22-13)16(21)19-14-6-4-3-5-12(14)9-18/h3-8,11H,10H2,1-2H3,(H,19,21)/t11-/m1/s1. The van der Waals surface area contributed by atoms with Crippen LogP contribution in [0, 0.1) is 11.3 Å². The number of carbonyl (C=O) groups is 1. The molecule has 4 nitrogen and oxygen atoms in total. The number of rotatable bonds is 5. The van der Waals surface area contributed by atoms with Crippen molar-refractivity contribution in [1.82, 2.24) is 4.90 Å². The SMILES string of the molecule is C[C@H](C(=O)Nc1ccccc1C#N)N(C)Cc1ccc(Cl)s1. The van der Waals surface area contributed by atoms with Crippen LogP contribution in [0.3, 0.4) is 0 Å². The van der Waals surface area contributed by atoms with Gasteiger partial charge in [-0.2, -0.15) is 5.26 Å². The fourth-order valence-electron chi connectivity index (χ4n) is 1.95. The van der Waals surface area contributed by atoms with Gasteiger partial charge < -0.3 is 5.32 Å². The molecular weight excluding hydrogens is 318 g/mol. The van der Waals surface area contributed by atoms with Crippen molar-refractivity contribution in [3.05, 3.63) is 51.2 Å². The lowest BCUT2D eigenvalue weighted by Crippen LogP contribution is -2.39. The zero-order valence-electron chi connectivity index (χ0n) is 12.3. The van der Waals surface area contributed by atoms with Gasteiger partial charge in [0.2, 0.25) is 5.91 Å². The average molecular weight is 334 g/mol. The van der Waals surface area contributed by atoms with E-state index in [2.05, 4.69) is 11.4 Å². The predicted octanol–water partition coefficient (Wildman–Crippen LogP) is 3.73. The van der Waals surface area contributed by atoms with Gasteiger partial charge in [-0.3, -0.25) is 9.69 Å². The van der Waals surface area contributed by atoms with Gasteiger partial charge in [-0.05, 0) is 38.2 Å². The first-order valence-electron chi connectivity index (χ1n) is 6.75. The summed E-state index contributed by atoms with van der Waals surface area (Å²) >= 11 is 7.42. The molecule has 0 aliphatic carbocycles. The Morgan fingerprint density at radius 2 is 2.14 bits per heavy atom. The van der Waals surface area contributed by atoms with Crippen molar-refractivity contribution < 1.29 is 4.79 Å². The number of nitrogens with one attached hydrogen (secondary N) is 1. The second-order valence-electron chi connectivity index (χ2n) is 4.94. The Labute approximate surface area is 138 Å². The molecule has 1 amide bonds. The van der Waals surface area contributed by atoms with E-state index in [0.29, 0.717) is 17.8 Å². The lowest BCUT2D eigenvalue weighted by molar-refractivity contribution is -0.120. The fourth-order valence-corrected chi connectivity index (χ4v) is 3.10. The molecule has 0 aliphatic rings. The number of anilines is 1. The predicted molar refractivity (Wildman–Crippen MR) is 90.0 cm³/mol. The van der Waals surface area contributed by atoms with E-state index in [1.165, 1.54) is 11.3 Å². The van der Waals surface area contributed by atoms with Crippen molar-refractivity contribution in [3.8, 4) is 6.07 Å². The maximum absolute atomic E-state index is 12.3. The van der Waals surface area contributed by atoms with Crippen LogP contribution >= 0.6 is 22.9 Å². The smallest absolute Gasteiger partial charge is 0.241 e. The first-order chi connectivity index (χ1) is 10.5. The summed E-state index contributed by atoms with van der Waals surface area (Å²) in [4.78, 5) is 15.4. The van der Waals surface area contributed by atoms with Crippen molar-refractivity contribution in [2.45, 2.75) is 19.5 Å². The molecule has 0 unspecified atom stereocenters. The van der Waals surface area contributed by atoms with E-state index >= 15 is 0 Å². The van der Waals surface area contributed by atoms with Crippen LogP contribution in [0.2, 0.25) is 4.34 Å². The Bertz CT molecular complexity index is 707. The summed E-state index contributed by atoms with van der Waals surface area (Å²) < 4.78 is 0.739. The van der Waals surface area contributed by atoms with E-state index in [1.807, 2.05) is 31.0 Å². The van der Waals surface area contributed by atoms with E-state index in [9.17, 15) is 4.79 Å². The molecule has 114 valence electrons. The number of hydrogen-bond acceptors (Lipinski definition) is 4. The Kier molecular flexibility index (Phi) is 5.56. The van der Waals surface area contributed by atoms with Crippen LogP contribution in [-0.2, 0) is 11.3 Å². The van der Waals surface area contributed by atoms with Crippen LogP contribution in [0.4, 0.5) is 5.69 Å². The fraction of sp³-hybridized carbons (Fsp3) is 0.250. The Morgan fingerprint density at radius 1 is 1.41 bits per heavy atom. The number of amides is 1. The van der Waals surface area contributed by atoms with E-state index in [4.69, 9.17) is 16.9 Å². The average Bonchev–Trinajstić information content (AvgIpc) is 2.92. The summed E-state index contributed by atoms with van der Waals surface area (Å²) in [5.41, 5.74) is 0.991. The van der Waals surface area contributed by atoms with Gasteiger partial charge in [0.25, 0.3) is 0 Å². The van der Waals surface area contributed by atoms with E-state index in [1.54, 1.807) is 24.3 Å². The van der Waals surface area contributed by atoms with Gasteiger partial charge >= 0.3 is 0 Å². The molecule has 1 aromatic carbocycles. The topological polar surface area (TPSA) is 56.1 Å². The van der Waals surface area contributed by atoms with Crippen molar-refractivity contribution >= 4 is 34.5 Å². The normalized spacial score (nSPS) is 12.0. The minimum Gasteiger partial charge on any atom is -0.324 e. The van der Waals surface area contributed by atoms with Crippen LogP contribution in [0.25, 0.3) is 0 Å². The number of thiophene rings is 1. The quantitative estimate of drug-likeness (QED) is 0.907. The molecule has 2 rings (SSSR count). The summed E-state index contributed by atoms with van der Waals surface area (Å²) in [6.07, 6.45) is 0. The second kappa shape index (κ2) is 7.41. The summed E-state index contributed by atoms with van der Waals surface area (Å²) in [6, 6.07) is 12.5. The minimum atomic E-state index is -0.326. The van der Waals surface area contributed by atoms with Crippen LogP contribution in [0.5, 0.6) is 0 Å². The van der Waals surface area contributed by atoms with Crippen LogP contribution < -0.4 is 5.32 Å². The molecule has 0 spiro atoms. The van der Waals surface area contributed by atoms with Crippen molar-refractivity contribution in [1.29, 1.82) is 5.26 Å². The van der Waals surface area contributed by atoms with Crippen LogP contribution in [0.15, 0.2) is 36.4 Å². The third-order valence-corrected chi connectivity index (χ3v) is 4.60. The minimum absolute atomic E-state index is 0.146. The maximum Gasteiger partial charge on any atom is 0.241 e. The third-order valence-electron chi connectivity index (χ3n) is 3.38. The second-order valence-corrected chi connectivity index (χ2v) is 6.74. The summed E-state index contributed by atoms with van der Waals surface area (Å²) in [5.74, 6) is -0.146. The van der Waals surface area contributed by atoms with Gasteiger partial charge in [-0.1, -0.05) is 23.7 Å². The molecule has 0 radical (unpaired) electrons. The molecular formula is C16H16ClN3OS. The molecule has 2 aromatic rings. The zero-order chi connectivity index (χ0) is 16.1. The number of likely N-dealkylation sites (N-methyl/N-ethyl adjacent to an activating group) is 1. The number of benzene rings is 1. The van der Waals surface area contributed by atoms with Gasteiger partial charge in [-0.15, -0.1) is 11.3 Å². The number of nitrogens with zero attached hydrogens (tertiary/aromatic N) is 2. The lowest BCUT2D eigenvalue weighted by atomic mass is 10.2. The van der Waals surface area contributed by atoms with Crippen molar-refractivity contribution in [2.75, 3.05) is 12.4 Å². The Hall–Kier alpha value is -1.87. The summed E-state index contributed by atoms with van der Waals surface area (Å²) in [6.45, 7) is 2.48. The molecule has 1 aromatic heterocycles. The molecule has 1 N–H and O–H groups in total. The van der Waals surface area contributed by atoms with E-state index < -0.39 is 0 Å². The Balaban J connectivity index is 2.01. The van der Waals surface area contributed by atoms with Gasteiger partial charge in [-0.25, -0.2) is 0 Å². The Morgan fingerprint density at radius 3 is 2.77 bits per heavy atom. The molecule has 22 heavy (non-hydrogen) atoms. The molecule has 0 bridgehead atoms. The molecule has 0 saturated heterocycles. The molecule has 6 heteroatoms. The molecule has 1 atom stereocenters. The largest absolute Gasteiger partial charge is 0.324 e. The van der Waals surface area contributed by atoms with E-state index in [-0.39, 0.29) is 11.9 Å². The van der Waals surface area contributed by atoms with Gasteiger partial charge in [0.1, 0.15) is 6.07 Å². The molecule has 0 aliphatic heterocycles. The summed E-state index contributed by atoms with van der Waals surface area (Å²) in [7, 11) is 1.88. The summed E-state index contributed by atoms with van der Waals surface area (Å²) in [5, 5.41) is 11.9. The lowest BCUT2D eigenvalue weighted by Gasteiger charge is -2.23. The van der Waals surface area contributed by atoms with Crippen molar-refractivity contribution in [3.63, 3.8) is 0 Å². The number of carbonyl (C=O) groups excluding carboxylic acids is 1. The number of hydrogen-bond donors (Lipinski definition) is 1. The van der Waals surface area contributed by atoms with Crippen molar-refractivity contribution in [2.24, 2.45) is 0 Å². The van der Waals surface area contributed by atoms with Gasteiger partial charge in [0.05, 0.1) is 21.6 Å². The number of halogens is 1. The van der Waals surface area contributed by atoms with E-state index in [0.717, 1.165) is 9.21 Å². The third kappa shape index (κ3) is 4.08. The van der Waals surface area contributed by atoms with Gasteiger partial charge in [0.15, 0.2) is 0 Å². The number of para-hydroxylation sites is 1.